The molecule has 23 heavy (non-hydrogen) atoms. The van der Waals surface area contributed by atoms with Gasteiger partial charge in [0.1, 0.15) is 10.1 Å². The highest BCUT2D eigenvalue weighted by Crippen LogP contribution is 2.13. The van der Waals surface area contributed by atoms with Gasteiger partial charge in [-0.05, 0) is 12.5 Å². The molecule has 7 heteroatoms. The number of nitrogens with zero attached hydrogens (tertiary/aromatic N) is 2. The second kappa shape index (κ2) is 6.98. The lowest BCUT2D eigenvalue weighted by molar-refractivity contribution is -0.910. The van der Waals surface area contributed by atoms with Crippen LogP contribution < -0.4 is 0 Å². The molecule has 0 saturated carbocycles. The molecule has 1 fully saturated rings. The maximum atomic E-state index is 12.4. The van der Waals surface area contributed by atoms with E-state index in [-0.39, 0.29) is 11.7 Å². The monoisotopic (exact) mass is 340 g/mol. The molecule has 1 amide bonds. The quantitative estimate of drug-likeness (QED) is 0.573. The van der Waals surface area contributed by atoms with E-state index in [4.69, 9.17) is 0 Å². The van der Waals surface area contributed by atoms with Gasteiger partial charge in [0.25, 0.3) is 0 Å². The van der Waals surface area contributed by atoms with Gasteiger partial charge >= 0.3 is 0 Å². The Morgan fingerprint density at radius 3 is 2.52 bits per heavy atom. The Labute approximate surface area is 138 Å². The van der Waals surface area contributed by atoms with Gasteiger partial charge in [-0.3, -0.25) is 4.79 Å². The van der Waals surface area contributed by atoms with Gasteiger partial charge in [-0.15, -0.1) is 0 Å². The second-order valence-corrected chi connectivity index (χ2v) is 8.12. The molecule has 0 radical (unpaired) electrons. The van der Waals surface area contributed by atoms with Crippen molar-refractivity contribution in [1.82, 2.24) is 4.90 Å². The first-order valence-corrected chi connectivity index (χ1v) is 9.35. The van der Waals surface area contributed by atoms with Crippen molar-refractivity contribution < 1.29 is 22.2 Å². The van der Waals surface area contributed by atoms with E-state index in [0.29, 0.717) is 43.6 Å². The van der Waals surface area contributed by atoms with Crippen molar-refractivity contribution in [2.75, 3.05) is 45.5 Å². The molecule has 1 aromatic rings. The molecule has 0 bridgehead atoms. The highest BCUT2D eigenvalue weighted by atomic mass is 32.2. The third-order valence-corrected chi connectivity index (χ3v) is 5.17. The Hall–Kier alpha value is -1.44. The number of rotatable bonds is 5. The van der Waals surface area contributed by atoms with Crippen molar-refractivity contribution in [3.63, 3.8) is 0 Å². The van der Waals surface area contributed by atoms with Crippen LogP contribution in [0.15, 0.2) is 24.3 Å². The van der Waals surface area contributed by atoms with Gasteiger partial charge in [0, 0.05) is 0 Å². The number of aryl methyl sites for hydroxylation is 1. The first kappa shape index (κ1) is 17.9. The third-order valence-electron chi connectivity index (χ3n) is 4.49. The molecule has 1 heterocycles. The summed E-state index contributed by atoms with van der Waals surface area (Å²) in [4.78, 5) is 14.2. The molecule has 128 valence electrons. The van der Waals surface area contributed by atoms with Crippen molar-refractivity contribution in [3.05, 3.63) is 35.4 Å². The Kier molecular flexibility index (Phi) is 5.44. The fraction of sp³-hybridized carbons (Fsp3) is 0.562. The van der Waals surface area contributed by atoms with Crippen LogP contribution in [-0.2, 0) is 21.3 Å². The minimum Gasteiger partial charge on any atom is -0.748 e. The zero-order valence-electron chi connectivity index (χ0n) is 13.7. The summed E-state index contributed by atoms with van der Waals surface area (Å²) in [6, 6.07) is 7.92. The van der Waals surface area contributed by atoms with Gasteiger partial charge in [-0.2, -0.15) is 0 Å². The first-order valence-electron chi connectivity index (χ1n) is 7.77. The Bertz CT molecular complexity index is 664. The number of hydrogen-bond donors (Lipinski definition) is 0. The fourth-order valence-corrected chi connectivity index (χ4v) is 3.53. The van der Waals surface area contributed by atoms with Crippen LogP contribution >= 0.6 is 0 Å². The number of hydrogen-bond acceptors (Lipinski definition) is 4. The van der Waals surface area contributed by atoms with E-state index in [1.807, 2.05) is 43.1 Å². The standard InChI is InChI=1S/C16H24N2O4S/c1-14-4-3-5-15(12-14)13-16(19)17-6-8-18(2,9-7-17)10-11-23(20,21)22/h3-5,12H,6-11,13H2,1-2H3. The molecule has 1 aliphatic rings. The summed E-state index contributed by atoms with van der Waals surface area (Å²) < 4.78 is 32.9. The van der Waals surface area contributed by atoms with Gasteiger partial charge in [0.2, 0.25) is 5.91 Å². The fourth-order valence-electron chi connectivity index (χ4n) is 2.86. The first-order chi connectivity index (χ1) is 10.7. The Morgan fingerprint density at radius 1 is 1.30 bits per heavy atom. The number of likely N-dealkylation sites (N-methyl/N-ethyl adjacent to an activating group) is 1. The van der Waals surface area contributed by atoms with E-state index in [0.717, 1.165) is 11.1 Å². The van der Waals surface area contributed by atoms with Gasteiger partial charge in [-0.1, -0.05) is 29.8 Å². The number of piperazine rings is 1. The average Bonchev–Trinajstić information content (AvgIpc) is 2.45. The maximum absolute atomic E-state index is 12.4. The number of benzene rings is 1. The normalized spacial score (nSPS) is 18.0. The lowest BCUT2D eigenvalue weighted by atomic mass is 10.1. The molecule has 2 rings (SSSR count). The Morgan fingerprint density at radius 2 is 1.96 bits per heavy atom. The highest BCUT2D eigenvalue weighted by molar-refractivity contribution is 7.85. The average molecular weight is 340 g/mol. The van der Waals surface area contributed by atoms with Gasteiger partial charge < -0.3 is 13.9 Å². The largest absolute Gasteiger partial charge is 0.748 e. The number of carbonyl (C=O) groups excluding carboxylic acids is 1. The molecular weight excluding hydrogens is 316 g/mol. The topological polar surface area (TPSA) is 77.5 Å². The molecule has 1 aromatic carbocycles. The molecule has 1 aliphatic heterocycles. The van der Waals surface area contributed by atoms with Crippen molar-refractivity contribution in [1.29, 1.82) is 0 Å². The van der Waals surface area contributed by atoms with Gasteiger partial charge in [0.05, 0.1) is 51.9 Å². The van der Waals surface area contributed by atoms with E-state index < -0.39 is 10.1 Å². The van der Waals surface area contributed by atoms with Gasteiger partial charge in [-0.25, -0.2) is 8.42 Å². The summed E-state index contributed by atoms with van der Waals surface area (Å²) in [5, 5.41) is 0. The summed E-state index contributed by atoms with van der Waals surface area (Å²) in [5.41, 5.74) is 2.15. The summed E-state index contributed by atoms with van der Waals surface area (Å²) >= 11 is 0. The van der Waals surface area contributed by atoms with Crippen molar-refractivity contribution >= 4 is 16.0 Å². The van der Waals surface area contributed by atoms with Crippen molar-refractivity contribution in [2.45, 2.75) is 13.3 Å². The lowest BCUT2D eigenvalue weighted by Crippen LogP contribution is -2.59. The molecule has 0 unspecified atom stereocenters. The van der Waals surface area contributed by atoms with E-state index in [2.05, 4.69) is 0 Å². The van der Waals surface area contributed by atoms with Crippen molar-refractivity contribution in [2.24, 2.45) is 0 Å². The summed E-state index contributed by atoms with van der Waals surface area (Å²) in [5.74, 6) is -0.251. The lowest BCUT2D eigenvalue weighted by Gasteiger charge is -2.42. The number of carbonyl (C=O) groups is 1. The molecule has 0 aliphatic carbocycles. The SMILES string of the molecule is Cc1cccc(CC(=O)N2CC[N+](C)(CCS(=O)(=O)[O-])CC2)c1. The molecule has 0 spiro atoms. The van der Waals surface area contributed by atoms with Crippen LogP contribution in [0.3, 0.4) is 0 Å². The van der Waals surface area contributed by atoms with Crippen LogP contribution in [0.5, 0.6) is 0 Å². The predicted molar refractivity (Wildman–Crippen MR) is 86.8 cm³/mol. The zero-order valence-corrected chi connectivity index (χ0v) is 14.5. The summed E-state index contributed by atoms with van der Waals surface area (Å²) in [6.45, 7) is 4.86. The van der Waals surface area contributed by atoms with Crippen LogP contribution in [0.25, 0.3) is 0 Å². The van der Waals surface area contributed by atoms with E-state index in [1.165, 1.54) is 0 Å². The highest BCUT2D eigenvalue weighted by Gasteiger charge is 2.30. The molecule has 6 nitrogen and oxygen atoms in total. The number of quaternary nitrogens is 1. The molecule has 0 aromatic heterocycles. The van der Waals surface area contributed by atoms with Crippen LogP contribution in [-0.4, -0.2) is 73.8 Å². The smallest absolute Gasteiger partial charge is 0.227 e. The van der Waals surface area contributed by atoms with Crippen LogP contribution in [0.1, 0.15) is 11.1 Å². The predicted octanol–water partition coefficient (Wildman–Crippen LogP) is 0.372. The molecule has 0 atom stereocenters. The van der Waals surface area contributed by atoms with Crippen molar-refractivity contribution in [3.8, 4) is 0 Å². The molecule has 0 N–H and O–H groups in total. The maximum Gasteiger partial charge on any atom is 0.227 e. The summed E-state index contributed by atoms with van der Waals surface area (Å²) in [7, 11) is -2.24. The van der Waals surface area contributed by atoms with Crippen LogP contribution in [0.2, 0.25) is 0 Å². The number of amides is 1. The minimum absolute atomic E-state index is 0.0956. The van der Waals surface area contributed by atoms with E-state index in [1.54, 1.807) is 0 Å². The van der Waals surface area contributed by atoms with Crippen LogP contribution in [0, 0.1) is 6.92 Å². The van der Waals surface area contributed by atoms with E-state index >= 15 is 0 Å². The van der Waals surface area contributed by atoms with E-state index in [9.17, 15) is 17.8 Å². The summed E-state index contributed by atoms with van der Waals surface area (Å²) in [6.07, 6.45) is 0.389. The molecule has 1 saturated heterocycles. The third kappa shape index (κ3) is 5.60. The Balaban J connectivity index is 1.87. The zero-order chi connectivity index (χ0) is 17.1. The van der Waals surface area contributed by atoms with Crippen LogP contribution in [0.4, 0.5) is 0 Å². The second-order valence-electron chi connectivity index (χ2n) is 6.60. The van der Waals surface area contributed by atoms with Gasteiger partial charge in [0.15, 0.2) is 0 Å². The minimum atomic E-state index is -4.18. The molecular formula is C16H24N2O4S.